The summed E-state index contributed by atoms with van der Waals surface area (Å²) in [7, 11) is 0. The first-order valence-electron chi connectivity index (χ1n) is 10.1. The number of rotatable bonds is 4. The zero-order chi connectivity index (χ0) is 18.0. The Morgan fingerprint density at radius 1 is 1.31 bits per heavy atom. The van der Waals surface area contributed by atoms with E-state index in [2.05, 4.69) is 30.4 Å². The molecule has 1 aromatic carbocycles. The first kappa shape index (κ1) is 17.8. The van der Waals surface area contributed by atoms with Gasteiger partial charge in [0.2, 0.25) is 0 Å². The van der Waals surface area contributed by atoms with E-state index < -0.39 is 0 Å². The number of nitrogens with zero attached hydrogens (tertiary/aromatic N) is 1. The number of anilines is 1. The lowest BCUT2D eigenvalue weighted by molar-refractivity contribution is -0.163. The molecule has 0 aromatic heterocycles. The summed E-state index contributed by atoms with van der Waals surface area (Å²) in [5.74, 6) is 0.537. The number of aliphatic imine (C=N–C) groups is 1. The summed E-state index contributed by atoms with van der Waals surface area (Å²) in [4.78, 5) is 4.88. The van der Waals surface area contributed by atoms with Gasteiger partial charge in [-0.05, 0) is 69.1 Å². The molecule has 1 aromatic rings. The van der Waals surface area contributed by atoms with E-state index in [1.54, 1.807) is 0 Å². The van der Waals surface area contributed by atoms with Crippen LogP contribution in [0.4, 0.5) is 5.69 Å². The average molecular weight is 357 g/mol. The number of hydrogen-bond acceptors (Lipinski definition) is 3. The molecule has 4 rings (SSSR count). The van der Waals surface area contributed by atoms with E-state index in [1.165, 1.54) is 30.4 Å². The molecule has 0 bridgehead atoms. The number of benzene rings is 1. The summed E-state index contributed by atoms with van der Waals surface area (Å²) in [6, 6.07) is 6.71. The summed E-state index contributed by atoms with van der Waals surface area (Å²) >= 11 is 0. The smallest absolute Gasteiger partial charge is 0.193 e. The fourth-order valence-corrected chi connectivity index (χ4v) is 4.99. The van der Waals surface area contributed by atoms with Crippen LogP contribution < -0.4 is 11.1 Å². The monoisotopic (exact) mass is 357 g/mol. The van der Waals surface area contributed by atoms with Crippen LogP contribution in [0, 0.1) is 5.41 Å². The van der Waals surface area contributed by atoms with Crippen molar-refractivity contribution in [1.82, 2.24) is 0 Å². The SMILES string of the molecule is CCOC1CC(N=C(N)Nc2cccc3c2CCCC3)C12CCOCC2. The van der Waals surface area contributed by atoms with Crippen LogP contribution in [-0.4, -0.2) is 37.9 Å². The highest BCUT2D eigenvalue weighted by atomic mass is 16.5. The second-order valence-corrected chi connectivity index (χ2v) is 7.83. The van der Waals surface area contributed by atoms with Crippen molar-refractivity contribution in [3.63, 3.8) is 0 Å². The second-order valence-electron chi connectivity index (χ2n) is 7.83. The summed E-state index contributed by atoms with van der Waals surface area (Å²) in [5, 5.41) is 3.39. The summed E-state index contributed by atoms with van der Waals surface area (Å²) in [6.45, 7) is 4.43. The molecular formula is C21H31N3O2. The van der Waals surface area contributed by atoms with E-state index in [4.69, 9.17) is 20.2 Å². The third kappa shape index (κ3) is 3.23. The molecule has 0 amide bonds. The lowest BCUT2D eigenvalue weighted by Gasteiger charge is -2.55. The van der Waals surface area contributed by atoms with Gasteiger partial charge in [-0.2, -0.15) is 0 Å². The average Bonchev–Trinajstić information content (AvgIpc) is 2.68. The van der Waals surface area contributed by atoms with Gasteiger partial charge >= 0.3 is 0 Å². The molecule has 3 N–H and O–H groups in total. The van der Waals surface area contributed by atoms with Crippen molar-refractivity contribution < 1.29 is 9.47 Å². The minimum atomic E-state index is 0.108. The summed E-state index contributed by atoms with van der Waals surface area (Å²) in [5.41, 5.74) is 10.4. The Morgan fingerprint density at radius 2 is 2.12 bits per heavy atom. The maximum atomic E-state index is 6.33. The Kier molecular flexibility index (Phi) is 5.18. The minimum absolute atomic E-state index is 0.108. The van der Waals surface area contributed by atoms with E-state index in [1.807, 2.05) is 0 Å². The number of hydrogen-bond donors (Lipinski definition) is 2. The van der Waals surface area contributed by atoms with Crippen molar-refractivity contribution in [2.75, 3.05) is 25.1 Å². The van der Waals surface area contributed by atoms with Crippen LogP contribution in [0.3, 0.4) is 0 Å². The van der Waals surface area contributed by atoms with Crippen LogP contribution in [0.2, 0.25) is 0 Å². The first-order valence-corrected chi connectivity index (χ1v) is 10.1. The fourth-order valence-electron chi connectivity index (χ4n) is 4.99. The van der Waals surface area contributed by atoms with E-state index in [0.717, 1.165) is 51.2 Å². The molecule has 2 unspecified atom stereocenters. The maximum Gasteiger partial charge on any atom is 0.193 e. The number of nitrogens with two attached hydrogens (primary N) is 1. The predicted molar refractivity (Wildman–Crippen MR) is 105 cm³/mol. The Bertz CT molecular complexity index is 667. The van der Waals surface area contributed by atoms with Gasteiger partial charge in [-0.3, -0.25) is 0 Å². The largest absolute Gasteiger partial charge is 0.381 e. The van der Waals surface area contributed by atoms with Gasteiger partial charge in [0.15, 0.2) is 5.96 Å². The summed E-state index contributed by atoms with van der Waals surface area (Å²) in [6.07, 6.45) is 8.12. The molecule has 2 fully saturated rings. The molecule has 2 aliphatic carbocycles. The number of ether oxygens (including phenoxy) is 2. The van der Waals surface area contributed by atoms with E-state index >= 15 is 0 Å². The first-order chi connectivity index (χ1) is 12.7. The van der Waals surface area contributed by atoms with Gasteiger partial charge < -0.3 is 20.5 Å². The summed E-state index contributed by atoms with van der Waals surface area (Å²) < 4.78 is 11.6. The molecule has 1 heterocycles. The zero-order valence-electron chi connectivity index (χ0n) is 15.8. The highest BCUT2D eigenvalue weighted by molar-refractivity contribution is 5.93. The van der Waals surface area contributed by atoms with Crippen molar-refractivity contribution in [1.29, 1.82) is 0 Å². The van der Waals surface area contributed by atoms with Crippen molar-refractivity contribution >= 4 is 11.6 Å². The molecular weight excluding hydrogens is 326 g/mol. The second kappa shape index (κ2) is 7.57. The Labute approximate surface area is 156 Å². The molecule has 1 saturated heterocycles. The van der Waals surface area contributed by atoms with E-state index in [9.17, 15) is 0 Å². The van der Waals surface area contributed by atoms with Gasteiger partial charge in [-0.25, -0.2) is 4.99 Å². The van der Waals surface area contributed by atoms with Gasteiger partial charge in [-0.1, -0.05) is 12.1 Å². The van der Waals surface area contributed by atoms with E-state index in [0.29, 0.717) is 12.1 Å². The number of aryl methyl sites for hydroxylation is 1. The Hall–Kier alpha value is -1.59. The maximum absolute atomic E-state index is 6.33. The van der Waals surface area contributed by atoms with Gasteiger partial charge in [0.05, 0.1) is 12.1 Å². The molecule has 0 radical (unpaired) electrons. The molecule has 26 heavy (non-hydrogen) atoms. The topological polar surface area (TPSA) is 68.9 Å². The third-order valence-corrected chi connectivity index (χ3v) is 6.49. The fraction of sp³-hybridized carbons (Fsp3) is 0.667. The van der Waals surface area contributed by atoms with E-state index in [-0.39, 0.29) is 11.5 Å². The highest BCUT2D eigenvalue weighted by Crippen LogP contribution is 2.52. The quantitative estimate of drug-likeness (QED) is 0.641. The zero-order valence-corrected chi connectivity index (χ0v) is 15.8. The van der Waals surface area contributed by atoms with Crippen LogP contribution >= 0.6 is 0 Å². The molecule has 142 valence electrons. The third-order valence-electron chi connectivity index (χ3n) is 6.49. The Balaban J connectivity index is 1.50. The van der Waals surface area contributed by atoms with Crippen LogP contribution in [0.25, 0.3) is 0 Å². The standard InChI is InChI=1S/C21H31N3O2/c1-2-26-19-14-18(21(19)10-12-25-13-11-21)24-20(22)23-17-9-5-7-15-6-3-4-8-16(15)17/h5,7,9,18-19H,2-4,6,8,10-14H2,1H3,(H3,22,23,24). The van der Waals surface area contributed by atoms with Crippen molar-refractivity contribution in [2.24, 2.45) is 16.1 Å². The van der Waals surface area contributed by atoms with Gasteiger partial charge in [0.1, 0.15) is 0 Å². The lowest BCUT2D eigenvalue weighted by atomic mass is 9.58. The Morgan fingerprint density at radius 3 is 2.92 bits per heavy atom. The molecule has 3 aliphatic rings. The lowest BCUT2D eigenvalue weighted by Crippen LogP contribution is -2.60. The molecule has 1 spiro atoms. The number of fused-ring (bicyclic) bond motifs is 1. The normalized spacial score (nSPS) is 27.7. The minimum Gasteiger partial charge on any atom is -0.381 e. The van der Waals surface area contributed by atoms with Crippen LogP contribution in [0.15, 0.2) is 23.2 Å². The molecule has 1 saturated carbocycles. The molecule has 2 atom stereocenters. The molecule has 5 nitrogen and oxygen atoms in total. The van der Waals surface area contributed by atoms with Gasteiger partial charge in [0, 0.05) is 30.9 Å². The molecule has 5 heteroatoms. The van der Waals surface area contributed by atoms with Gasteiger partial charge in [-0.15, -0.1) is 0 Å². The van der Waals surface area contributed by atoms with Crippen LogP contribution in [-0.2, 0) is 22.3 Å². The van der Waals surface area contributed by atoms with Crippen LogP contribution in [0.1, 0.15) is 50.2 Å². The highest BCUT2D eigenvalue weighted by Gasteiger charge is 2.56. The van der Waals surface area contributed by atoms with Crippen molar-refractivity contribution in [3.8, 4) is 0 Å². The van der Waals surface area contributed by atoms with Crippen molar-refractivity contribution in [3.05, 3.63) is 29.3 Å². The predicted octanol–water partition coefficient (Wildman–Crippen LogP) is 3.27. The number of guanidine groups is 1. The number of nitrogens with one attached hydrogen (secondary N) is 1. The molecule has 1 aliphatic heterocycles. The van der Waals surface area contributed by atoms with Gasteiger partial charge in [0.25, 0.3) is 0 Å². The van der Waals surface area contributed by atoms with Crippen molar-refractivity contribution in [2.45, 2.75) is 64.0 Å². The van der Waals surface area contributed by atoms with Crippen LogP contribution in [0.5, 0.6) is 0 Å².